The summed E-state index contributed by atoms with van der Waals surface area (Å²) in [4.78, 5) is 22.5. The molecule has 1 fully saturated rings. The number of carbonyl (C=O) groups excluding carboxylic acids is 1. The number of benzene rings is 2. The maximum absolute atomic E-state index is 11.7. The highest BCUT2D eigenvalue weighted by Gasteiger charge is 2.33. The number of rotatable bonds is 7. The van der Waals surface area contributed by atoms with Gasteiger partial charge in [0.2, 0.25) is 5.91 Å². The molecule has 140 valence electrons. The smallest absolute Gasteiger partial charge is 0.304 e. The lowest BCUT2D eigenvalue weighted by Crippen LogP contribution is -2.31. The molecule has 7 nitrogen and oxygen atoms in total. The molecule has 1 aliphatic rings. The average Bonchev–Trinajstić information content (AvgIpc) is 2.99. The summed E-state index contributed by atoms with van der Waals surface area (Å²) >= 11 is 0. The molecule has 0 radical (unpaired) electrons. The van der Waals surface area contributed by atoms with Crippen LogP contribution in [0.25, 0.3) is 11.1 Å². The highest BCUT2D eigenvalue weighted by Crippen LogP contribution is 2.24. The summed E-state index contributed by atoms with van der Waals surface area (Å²) in [6, 6.07) is 14.8. The maximum atomic E-state index is 11.7. The summed E-state index contributed by atoms with van der Waals surface area (Å²) < 4.78 is 5.73. The first-order valence-corrected chi connectivity index (χ1v) is 8.62. The Labute approximate surface area is 156 Å². The van der Waals surface area contributed by atoms with Gasteiger partial charge >= 0.3 is 5.97 Å². The number of ether oxygens (including phenoxy) is 1. The number of carboxylic acid groups (broad SMARTS) is 1. The summed E-state index contributed by atoms with van der Waals surface area (Å²) in [7, 11) is 0. The third-order valence-corrected chi connectivity index (χ3v) is 4.54. The SMILES string of the molecule is N=C(N)c1ccc(-c2ccc(OC[C@@H]3C[C@H](CC(=O)O)C(=O)N3)cc2)cc1. The molecule has 2 atom stereocenters. The Kier molecular flexibility index (Phi) is 5.40. The van der Waals surface area contributed by atoms with Crippen LogP contribution in [-0.2, 0) is 9.59 Å². The van der Waals surface area contributed by atoms with Gasteiger partial charge in [-0.1, -0.05) is 36.4 Å². The first-order chi connectivity index (χ1) is 12.9. The van der Waals surface area contributed by atoms with Gasteiger partial charge in [-0.2, -0.15) is 0 Å². The fourth-order valence-electron chi connectivity index (χ4n) is 3.11. The van der Waals surface area contributed by atoms with Crippen molar-refractivity contribution in [3.8, 4) is 16.9 Å². The lowest BCUT2D eigenvalue weighted by molar-refractivity contribution is -0.140. The van der Waals surface area contributed by atoms with Crippen molar-refractivity contribution in [3.05, 3.63) is 54.1 Å². The fourth-order valence-corrected chi connectivity index (χ4v) is 3.11. The number of amides is 1. The first kappa shape index (κ1) is 18.4. The lowest BCUT2D eigenvalue weighted by atomic mass is 10.0. The monoisotopic (exact) mass is 367 g/mol. The van der Waals surface area contributed by atoms with E-state index in [4.69, 9.17) is 21.0 Å². The zero-order valence-corrected chi connectivity index (χ0v) is 14.6. The first-order valence-electron chi connectivity index (χ1n) is 8.62. The highest BCUT2D eigenvalue weighted by molar-refractivity contribution is 5.95. The van der Waals surface area contributed by atoms with Crippen LogP contribution in [0.5, 0.6) is 5.75 Å². The second kappa shape index (κ2) is 7.90. The number of hydrogen-bond acceptors (Lipinski definition) is 4. The van der Waals surface area contributed by atoms with E-state index in [1.54, 1.807) is 12.1 Å². The minimum absolute atomic E-state index is 0.0369. The fraction of sp³-hybridized carbons (Fsp3) is 0.250. The van der Waals surface area contributed by atoms with E-state index in [0.29, 0.717) is 24.3 Å². The molecule has 1 saturated heterocycles. The van der Waals surface area contributed by atoms with E-state index in [9.17, 15) is 9.59 Å². The van der Waals surface area contributed by atoms with Gasteiger partial charge in [-0.25, -0.2) is 0 Å². The second-order valence-electron chi connectivity index (χ2n) is 6.56. The molecule has 0 saturated carbocycles. The second-order valence-corrected chi connectivity index (χ2v) is 6.56. The Balaban J connectivity index is 1.56. The molecular weight excluding hydrogens is 346 g/mol. The zero-order valence-electron chi connectivity index (χ0n) is 14.6. The van der Waals surface area contributed by atoms with Crippen LogP contribution in [0.3, 0.4) is 0 Å². The molecule has 1 heterocycles. The molecule has 5 N–H and O–H groups in total. The van der Waals surface area contributed by atoms with E-state index in [2.05, 4.69) is 5.32 Å². The number of nitrogens with one attached hydrogen (secondary N) is 2. The van der Waals surface area contributed by atoms with Gasteiger partial charge in [0.15, 0.2) is 0 Å². The van der Waals surface area contributed by atoms with Crippen LogP contribution in [0.15, 0.2) is 48.5 Å². The van der Waals surface area contributed by atoms with E-state index < -0.39 is 11.9 Å². The normalized spacial score (nSPS) is 18.7. The molecule has 0 spiro atoms. The number of carboxylic acids is 1. The van der Waals surface area contributed by atoms with Crippen molar-refractivity contribution >= 4 is 17.7 Å². The predicted octanol–water partition coefficient (Wildman–Crippen LogP) is 2.00. The van der Waals surface area contributed by atoms with Crippen molar-refractivity contribution in [2.45, 2.75) is 18.9 Å². The van der Waals surface area contributed by atoms with Gasteiger partial charge in [0.25, 0.3) is 0 Å². The van der Waals surface area contributed by atoms with E-state index in [0.717, 1.165) is 11.1 Å². The van der Waals surface area contributed by atoms with Crippen molar-refractivity contribution in [2.24, 2.45) is 11.7 Å². The summed E-state index contributed by atoms with van der Waals surface area (Å²) in [5.41, 5.74) is 8.15. The molecule has 7 heteroatoms. The van der Waals surface area contributed by atoms with Crippen molar-refractivity contribution in [1.82, 2.24) is 5.32 Å². The van der Waals surface area contributed by atoms with Crippen LogP contribution < -0.4 is 15.8 Å². The van der Waals surface area contributed by atoms with Crippen LogP contribution in [0.2, 0.25) is 0 Å². The molecule has 2 aromatic rings. The quantitative estimate of drug-likeness (QED) is 0.440. The van der Waals surface area contributed by atoms with Crippen LogP contribution in [0.1, 0.15) is 18.4 Å². The molecule has 0 bridgehead atoms. The number of carbonyl (C=O) groups is 2. The van der Waals surface area contributed by atoms with E-state index in [1.807, 2.05) is 36.4 Å². The largest absolute Gasteiger partial charge is 0.491 e. The molecule has 0 aromatic heterocycles. The summed E-state index contributed by atoms with van der Waals surface area (Å²) in [6.45, 7) is 0.300. The molecule has 0 aliphatic carbocycles. The van der Waals surface area contributed by atoms with Gasteiger partial charge in [0, 0.05) is 5.56 Å². The molecule has 27 heavy (non-hydrogen) atoms. The van der Waals surface area contributed by atoms with Crippen molar-refractivity contribution in [1.29, 1.82) is 5.41 Å². The standard InChI is InChI=1S/C20H21N3O4/c21-19(22)14-3-1-12(2-4-14)13-5-7-17(8-6-13)27-11-16-9-15(10-18(24)25)20(26)23-16/h1-8,15-16H,9-11H2,(H3,21,22)(H,23,26)(H,24,25)/t15-,16+/m1/s1. The van der Waals surface area contributed by atoms with Gasteiger partial charge in [-0.05, 0) is 29.7 Å². The Morgan fingerprint density at radius 1 is 1.15 bits per heavy atom. The van der Waals surface area contributed by atoms with E-state index in [1.165, 1.54) is 0 Å². The van der Waals surface area contributed by atoms with Crippen LogP contribution in [0, 0.1) is 11.3 Å². The van der Waals surface area contributed by atoms with Crippen molar-refractivity contribution in [3.63, 3.8) is 0 Å². The molecule has 3 rings (SSSR count). The van der Waals surface area contributed by atoms with Gasteiger partial charge in [0.05, 0.1) is 18.4 Å². The molecule has 1 amide bonds. The number of aliphatic carboxylic acids is 1. The van der Waals surface area contributed by atoms with E-state index in [-0.39, 0.29) is 24.2 Å². The van der Waals surface area contributed by atoms with Gasteiger partial charge in [0.1, 0.15) is 18.2 Å². The number of hydrogen-bond donors (Lipinski definition) is 4. The summed E-state index contributed by atoms with van der Waals surface area (Å²) in [5.74, 6) is -0.972. The molecule has 2 aromatic carbocycles. The average molecular weight is 367 g/mol. The molecule has 1 aliphatic heterocycles. The van der Waals surface area contributed by atoms with Gasteiger partial charge < -0.3 is 20.9 Å². The summed E-state index contributed by atoms with van der Waals surface area (Å²) in [6.07, 6.45) is 0.311. The van der Waals surface area contributed by atoms with Crippen LogP contribution >= 0.6 is 0 Å². The van der Waals surface area contributed by atoms with Crippen molar-refractivity contribution in [2.75, 3.05) is 6.61 Å². The Hall–Kier alpha value is -3.35. The van der Waals surface area contributed by atoms with Gasteiger partial charge in [-0.15, -0.1) is 0 Å². The third kappa shape index (κ3) is 4.63. The molecule has 0 unspecified atom stereocenters. The number of amidine groups is 1. The minimum atomic E-state index is -0.969. The van der Waals surface area contributed by atoms with Gasteiger partial charge in [-0.3, -0.25) is 15.0 Å². The predicted molar refractivity (Wildman–Crippen MR) is 101 cm³/mol. The summed E-state index contributed by atoms with van der Waals surface area (Å²) in [5, 5.41) is 19.0. The Morgan fingerprint density at radius 3 is 2.30 bits per heavy atom. The number of nitrogen functional groups attached to an aromatic ring is 1. The number of nitrogens with two attached hydrogens (primary N) is 1. The Bertz CT molecular complexity index is 847. The Morgan fingerprint density at radius 2 is 1.74 bits per heavy atom. The topological polar surface area (TPSA) is 126 Å². The van der Waals surface area contributed by atoms with Crippen LogP contribution in [0.4, 0.5) is 0 Å². The highest BCUT2D eigenvalue weighted by atomic mass is 16.5. The van der Waals surface area contributed by atoms with Crippen molar-refractivity contribution < 1.29 is 19.4 Å². The van der Waals surface area contributed by atoms with Crippen LogP contribution in [-0.4, -0.2) is 35.5 Å². The third-order valence-electron chi connectivity index (χ3n) is 4.54. The maximum Gasteiger partial charge on any atom is 0.304 e. The van der Waals surface area contributed by atoms with E-state index >= 15 is 0 Å². The zero-order chi connectivity index (χ0) is 19.4. The minimum Gasteiger partial charge on any atom is -0.491 e. The molecular formula is C20H21N3O4. The lowest BCUT2D eigenvalue weighted by Gasteiger charge is -2.12.